The molecule has 1 saturated heterocycles. The SMILES string of the molecule is O=C(COc1ccc(Br)cc1)NN=C1SCC(=O)N1Cc1ccco1. The molecule has 1 aliphatic heterocycles. The number of furan rings is 1. The van der Waals surface area contributed by atoms with Crippen LogP contribution in [0.4, 0.5) is 0 Å². The van der Waals surface area contributed by atoms with E-state index in [0.29, 0.717) is 16.7 Å². The van der Waals surface area contributed by atoms with Crippen molar-refractivity contribution in [2.24, 2.45) is 5.10 Å². The fourth-order valence-corrected chi connectivity index (χ4v) is 3.12. The third kappa shape index (κ3) is 4.86. The number of nitrogens with one attached hydrogen (secondary N) is 1. The number of hydrogen-bond acceptors (Lipinski definition) is 6. The molecule has 1 aromatic heterocycles. The number of rotatable bonds is 6. The van der Waals surface area contributed by atoms with E-state index >= 15 is 0 Å². The Morgan fingerprint density at radius 1 is 1.36 bits per heavy atom. The lowest BCUT2D eigenvalue weighted by atomic mass is 10.3. The molecule has 3 rings (SSSR count). The molecule has 0 aliphatic carbocycles. The van der Waals surface area contributed by atoms with Gasteiger partial charge in [-0.3, -0.25) is 14.5 Å². The molecule has 2 aromatic rings. The van der Waals surface area contributed by atoms with Crippen LogP contribution in [0.2, 0.25) is 0 Å². The summed E-state index contributed by atoms with van der Waals surface area (Å²) in [6.07, 6.45) is 1.54. The summed E-state index contributed by atoms with van der Waals surface area (Å²) in [5.41, 5.74) is 2.41. The average molecular weight is 424 g/mol. The highest BCUT2D eigenvalue weighted by molar-refractivity contribution is 9.10. The zero-order valence-corrected chi connectivity index (χ0v) is 15.4. The number of hydrazone groups is 1. The van der Waals surface area contributed by atoms with Gasteiger partial charge in [-0.15, -0.1) is 5.10 Å². The molecule has 0 saturated carbocycles. The number of nitrogens with zero attached hydrogens (tertiary/aromatic N) is 2. The summed E-state index contributed by atoms with van der Waals surface area (Å²) >= 11 is 4.59. The molecule has 1 aliphatic rings. The fraction of sp³-hybridized carbons (Fsp3) is 0.188. The van der Waals surface area contributed by atoms with Crippen molar-refractivity contribution in [1.82, 2.24) is 10.3 Å². The minimum Gasteiger partial charge on any atom is -0.484 e. The van der Waals surface area contributed by atoms with Crippen molar-refractivity contribution in [2.45, 2.75) is 6.54 Å². The van der Waals surface area contributed by atoms with Gasteiger partial charge in [0.05, 0.1) is 18.6 Å². The lowest BCUT2D eigenvalue weighted by Gasteiger charge is -2.14. The first-order valence-electron chi connectivity index (χ1n) is 7.32. The van der Waals surface area contributed by atoms with E-state index < -0.39 is 5.91 Å². The maximum Gasteiger partial charge on any atom is 0.278 e. The van der Waals surface area contributed by atoms with Gasteiger partial charge in [0.25, 0.3) is 5.91 Å². The van der Waals surface area contributed by atoms with Crippen molar-refractivity contribution in [3.05, 3.63) is 52.9 Å². The Morgan fingerprint density at radius 2 is 2.16 bits per heavy atom. The van der Waals surface area contributed by atoms with Crippen molar-refractivity contribution in [3.8, 4) is 5.75 Å². The monoisotopic (exact) mass is 423 g/mol. The van der Waals surface area contributed by atoms with Gasteiger partial charge in [0.1, 0.15) is 11.5 Å². The van der Waals surface area contributed by atoms with Crippen LogP contribution in [0.5, 0.6) is 5.75 Å². The number of carbonyl (C=O) groups excluding carboxylic acids is 2. The number of thioether (sulfide) groups is 1. The third-order valence-corrected chi connectivity index (χ3v) is 4.70. The lowest BCUT2D eigenvalue weighted by Crippen LogP contribution is -2.32. The van der Waals surface area contributed by atoms with Crippen LogP contribution in [0.3, 0.4) is 0 Å². The molecule has 9 heteroatoms. The van der Waals surface area contributed by atoms with Gasteiger partial charge in [-0.25, -0.2) is 5.43 Å². The van der Waals surface area contributed by atoms with E-state index in [0.717, 1.165) is 4.47 Å². The third-order valence-electron chi connectivity index (χ3n) is 3.21. The van der Waals surface area contributed by atoms with Gasteiger partial charge in [0.2, 0.25) is 5.91 Å². The summed E-state index contributed by atoms with van der Waals surface area (Å²) in [6.45, 7) is 0.109. The maximum absolute atomic E-state index is 11.9. The van der Waals surface area contributed by atoms with E-state index in [4.69, 9.17) is 9.15 Å². The number of hydrogen-bond donors (Lipinski definition) is 1. The Bertz CT molecular complexity index is 777. The van der Waals surface area contributed by atoms with Gasteiger partial charge in [0.15, 0.2) is 11.8 Å². The highest BCUT2D eigenvalue weighted by Gasteiger charge is 2.29. The summed E-state index contributed by atoms with van der Waals surface area (Å²) in [5.74, 6) is 1.02. The zero-order valence-electron chi connectivity index (χ0n) is 13.0. The van der Waals surface area contributed by atoms with Crippen LogP contribution in [-0.4, -0.2) is 34.2 Å². The smallest absolute Gasteiger partial charge is 0.278 e. The van der Waals surface area contributed by atoms with Gasteiger partial charge < -0.3 is 9.15 Å². The van der Waals surface area contributed by atoms with Crippen molar-refractivity contribution in [3.63, 3.8) is 0 Å². The Labute approximate surface area is 156 Å². The highest BCUT2D eigenvalue weighted by Crippen LogP contribution is 2.21. The number of amidine groups is 1. The Morgan fingerprint density at radius 3 is 2.88 bits per heavy atom. The second-order valence-corrected chi connectivity index (χ2v) is 6.88. The van der Waals surface area contributed by atoms with Crippen LogP contribution in [0.1, 0.15) is 5.76 Å². The standard InChI is InChI=1S/C16H14BrN3O4S/c17-11-3-5-12(6-4-11)24-9-14(21)18-19-16-20(15(22)10-25-16)8-13-2-1-7-23-13/h1-7H,8-10H2,(H,18,21). The Hall–Kier alpha value is -2.26. The van der Waals surface area contributed by atoms with Gasteiger partial charge in [0, 0.05) is 4.47 Å². The predicted octanol–water partition coefficient (Wildman–Crippen LogP) is 2.58. The molecule has 130 valence electrons. The van der Waals surface area contributed by atoms with Crippen molar-refractivity contribution >= 4 is 44.7 Å². The molecule has 0 radical (unpaired) electrons. The van der Waals surface area contributed by atoms with E-state index in [1.54, 1.807) is 30.5 Å². The van der Waals surface area contributed by atoms with Crippen molar-refractivity contribution in [2.75, 3.05) is 12.4 Å². The second kappa shape index (κ2) is 8.21. The van der Waals surface area contributed by atoms with Gasteiger partial charge in [-0.2, -0.15) is 0 Å². The van der Waals surface area contributed by atoms with Gasteiger partial charge in [-0.05, 0) is 36.4 Å². The molecule has 0 spiro atoms. The van der Waals surface area contributed by atoms with E-state index in [1.807, 2.05) is 12.1 Å². The molecule has 0 atom stereocenters. The van der Waals surface area contributed by atoms with E-state index in [1.165, 1.54) is 16.7 Å². The molecule has 1 N–H and O–H groups in total. The normalized spacial score (nSPS) is 15.6. The molecule has 0 unspecified atom stereocenters. The van der Waals surface area contributed by atoms with Crippen LogP contribution in [0, 0.1) is 0 Å². The number of carbonyl (C=O) groups is 2. The van der Waals surface area contributed by atoms with Crippen LogP contribution in [0.25, 0.3) is 0 Å². The maximum atomic E-state index is 11.9. The molecular formula is C16H14BrN3O4S. The quantitative estimate of drug-likeness (QED) is 0.721. The van der Waals surface area contributed by atoms with Crippen LogP contribution < -0.4 is 10.2 Å². The highest BCUT2D eigenvalue weighted by atomic mass is 79.9. The minimum atomic E-state index is -0.409. The first kappa shape index (κ1) is 17.6. The average Bonchev–Trinajstić information content (AvgIpc) is 3.24. The summed E-state index contributed by atoms with van der Waals surface area (Å²) in [4.78, 5) is 25.3. The fourth-order valence-electron chi connectivity index (χ4n) is 2.02. The number of ether oxygens (including phenoxy) is 1. The van der Waals surface area contributed by atoms with Crippen LogP contribution >= 0.6 is 27.7 Å². The molecule has 2 amide bonds. The van der Waals surface area contributed by atoms with E-state index in [9.17, 15) is 9.59 Å². The minimum absolute atomic E-state index is 0.0829. The molecule has 1 fully saturated rings. The number of benzene rings is 1. The molecule has 7 nitrogen and oxygen atoms in total. The van der Waals surface area contributed by atoms with Crippen molar-refractivity contribution < 1.29 is 18.7 Å². The molecule has 1 aromatic carbocycles. The van der Waals surface area contributed by atoms with Gasteiger partial charge in [-0.1, -0.05) is 27.7 Å². The predicted molar refractivity (Wildman–Crippen MR) is 96.9 cm³/mol. The van der Waals surface area contributed by atoms with E-state index in [-0.39, 0.29) is 24.8 Å². The lowest BCUT2D eigenvalue weighted by molar-refractivity contribution is -0.125. The van der Waals surface area contributed by atoms with Gasteiger partial charge >= 0.3 is 0 Å². The van der Waals surface area contributed by atoms with Crippen LogP contribution in [-0.2, 0) is 16.1 Å². The molecular weight excluding hydrogens is 410 g/mol. The number of halogens is 1. The number of amides is 2. The first-order valence-corrected chi connectivity index (χ1v) is 9.10. The molecule has 25 heavy (non-hydrogen) atoms. The summed E-state index contributed by atoms with van der Waals surface area (Å²) in [5, 5.41) is 4.45. The van der Waals surface area contributed by atoms with Crippen LogP contribution in [0.15, 0.2) is 56.7 Å². The summed E-state index contributed by atoms with van der Waals surface area (Å²) < 4.78 is 11.5. The molecule has 2 heterocycles. The molecule has 0 bridgehead atoms. The topological polar surface area (TPSA) is 84.1 Å². The van der Waals surface area contributed by atoms with E-state index in [2.05, 4.69) is 26.5 Å². The Balaban J connectivity index is 1.53. The largest absolute Gasteiger partial charge is 0.484 e. The first-order chi connectivity index (χ1) is 12.1. The van der Waals surface area contributed by atoms with Crippen molar-refractivity contribution in [1.29, 1.82) is 0 Å². The summed E-state index contributed by atoms with van der Waals surface area (Å²) in [6, 6.07) is 10.7. The zero-order chi connectivity index (χ0) is 17.6. The second-order valence-electron chi connectivity index (χ2n) is 5.02. The summed E-state index contributed by atoms with van der Waals surface area (Å²) in [7, 11) is 0. The Kier molecular flexibility index (Phi) is 5.77.